The highest BCUT2D eigenvalue weighted by Crippen LogP contribution is 2.37. The number of nitrogens with one attached hydrogen (secondary N) is 1. The highest BCUT2D eigenvalue weighted by Gasteiger charge is 2.40. The minimum Gasteiger partial charge on any atom is -0.341 e. The van der Waals surface area contributed by atoms with Crippen LogP contribution in [0.15, 0.2) is 50.1 Å². The molecule has 2 heterocycles. The van der Waals surface area contributed by atoms with Gasteiger partial charge < -0.3 is 9.84 Å². The molecule has 3 aromatic rings. The van der Waals surface area contributed by atoms with Crippen LogP contribution in [0.1, 0.15) is 43.6 Å². The van der Waals surface area contributed by atoms with Crippen LogP contribution in [0, 0.1) is 0 Å². The van der Waals surface area contributed by atoms with E-state index in [1.165, 1.54) is 0 Å². The van der Waals surface area contributed by atoms with Gasteiger partial charge in [-0.25, -0.2) is 0 Å². The Kier molecular flexibility index (Phi) is 5.41. The molecule has 1 fully saturated rings. The van der Waals surface area contributed by atoms with Crippen LogP contribution in [0.25, 0.3) is 11.4 Å². The second kappa shape index (κ2) is 7.94. The van der Waals surface area contributed by atoms with E-state index in [1.807, 2.05) is 41.1 Å². The topological polar surface area (TPSA) is 68.0 Å². The lowest BCUT2D eigenvalue weighted by Crippen LogP contribution is -2.48. The quantitative estimate of drug-likeness (QED) is 0.594. The molecule has 1 amide bonds. The fourth-order valence-electron chi connectivity index (χ4n) is 3.60. The Hall–Kier alpha value is -1.99. The fourth-order valence-corrected chi connectivity index (χ4v) is 4.66. The van der Waals surface area contributed by atoms with Crippen LogP contribution < -0.4 is 5.32 Å². The predicted octanol–water partition coefficient (Wildman–Crippen LogP) is 5.08. The van der Waals surface area contributed by atoms with Crippen molar-refractivity contribution in [2.24, 2.45) is 0 Å². The van der Waals surface area contributed by atoms with Crippen molar-refractivity contribution >= 4 is 33.2 Å². The molecular formula is C20H20BrN3O2S. The van der Waals surface area contributed by atoms with Gasteiger partial charge in [-0.15, -0.1) is 0 Å². The maximum atomic E-state index is 12.8. The first-order chi connectivity index (χ1) is 13.2. The van der Waals surface area contributed by atoms with Gasteiger partial charge in [0.15, 0.2) is 0 Å². The normalized spacial score (nSPS) is 16.2. The van der Waals surface area contributed by atoms with E-state index in [-0.39, 0.29) is 5.91 Å². The summed E-state index contributed by atoms with van der Waals surface area (Å²) in [6, 6.07) is 9.76. The number of halogens is 1. The molecule has 140 valence electrons. The van der Waals surface area contributed by atoms with Crippen molar-refractivity contribution in [1.82, 2.24) is 15.5 Å². The van der Waals surface area contributed by atoms with Gasteiger partial charge in [0.1, 0.15) is 5.54 Å². The highest BCUT2D eigenvalue weighted by molar-refractivity contribution is 9.10. The van der Waals surface area contributed by atoms with Gasteiger partial charge in [-0.05, 0) is 35.9 Å². The SMILES string of the molecule is O=C(Cc1ccccc1Br)NC1(c2nc(-c3ccsc3)no2)CCCCC1. The summed E-state index contributed by atoms with van der Waals surface area (Å²) in [7, 11) is 0. The minimum atomic E-state index is -0.572. The lowest BCUT2D eigenvalue weighted by atomic mass is 9.81. The second-order valence-corrected chi connectivity index (χ2v) is 8.53. The molecule has 2 aromatic heterocycles. The maximum absolute atomic E-state index is 12.8. The van der Waals surface area contributed by atoms with Crippen LogP contribution in [-0.2, 0) is 16.8 Å². The molecule has 1 N–H and O–H groups in total. The van der Waals surface area contributed by atoms with Gasteiger partial charge in [0.2, 0.25) is 11.7 Å². The molecule has 1 aromatic carbocycles. The van der Waals surface area contributed by atoms with E-state index >= 15 is 0 Å². The number of rotatable bonds is 5. The van der Waals surface area contributed by atoms with Crippen LogP contribution in [0.5, 0.6) is 0 Å². The van der Waals surface area contributed by atoms with E-state index in [4.69, 9.17) is 4.52 Å². The van der Waals surface area contributed by atoms with Crippen LogP contribution in [0.4, 0.5) is 0 Å². The van der Waals surface area contributed by atoms with Gasteiger partial charge in [0, 0.05) is 15.4 Å². The van der Waals surface area contributed by atoms with Gasteiger partial charge in [0.25, 0.3) is 5.89 Å². The number of benzene rings is 1. The number of hydrogen-bond acceptors (Lipinski definition) is 5. The van der Waals surface area contributed by atoms with Gasteiger partial charge in [0.05, 0.1) is 6.42 Å². The molecule has 1 aliphatic rings. The Bertz CT molecular complexity index is 917. The zero-order chi connectivity index (χ0) is 18.7. The summed E-state index contributed by atoms with van der Waals surface area (Å²) in [5.41, 5.74) is 1.34. The van der Waals surface area contributed by atoms with Crippen molar-refractivity contribution in [3.8, 4) is 11.4 Å². The number of hydrogen-bond donors (Lipinski definition) is 1. The first kappa shape index (κ1) is 18.4. The molecule has 0 bridgehead atoms. The first-order valence-electron chi connectivity index (χ1n) is 9.07. The van der Waals surface area contributed by atoms with Crippen LogP contribution in [-0.4, -0.2) is 16.0 Å². The third-order valence-corrected chi connectivity index (χ3v) is 6.47. The van der Waals surface area contributed by atoms with Crippen LogP contribution in [0.3, 0.4) is 0 Å². The summed E-state index contributed by atoms with van der Waals surface area (Å²) in [6.45, 7) is 0. The molecule has 0 spiro atoms. The molecule has 7 heteroatoms. The molecule has 0 aliphatic heterocycles. The Labute approximate surface area is 170 Å². The molecule has 1 saturated carbocycles. The molecule has 0 radical (unpaired) electrons. The fraction of sp³-hybridized carbons (Fsp3) is 0.350. The van der Waals surface area contributed by atoms with Gasteiger partial charge in [-0.3, -0.25) is 4.79 Å². The van der Waals surface area contributed by atoms with E-state index in [0.29, 0.717) is 18.1 Å². The first-order valence-corrected chi connectivity index (χ1v) is 10.8. The number of carbonyl (C=O) groups is 1. The number of aromatic nitrogens is 2. The Balaban J connectivity index is 1.57. The Morgan fingerprint density at radius 2 is 2.04 bits per heavy atom. The lowest BCUT2D eigenvalue weighted by molar-refractivity contribution is -0.123. The smallest absolute Gasteiger partial charge is 0.252 e. The molecule has 0 saturated heterocycles. The van der Waals surface area contributed by atoms with Crippen molar-refractivity contribution in [3.63, 3.8) is 0 Å². The van der Waals surface area contributed by atoms with Crippen molar-refractivity contribution in [1.29, 1.82) is 0 Å². The zero-order valence-corrected chi connectivity index (χ0v) is 17.2. The van der Waals surface area contributed by atoms with E-state index < -0.39 is 5.54 Å². The second-order valence-electron chi connectivity index (χ2n) is 6.89. The molecule has 27 heavy (non-hydrogen) atoms. The molecule has 0 unspecified atom stereocenters. The van der Waals surface area contributed by atoms with E-state index in [9.17, 15) is 4.79 Å². The van der Waals surface area contributed by atoms with E-state index in [2.05, 4.69) is 31.4 Å². The monoisotopic (exact) mass is 445 g/mol. The van der Waals surface area contributed by atoms with Crippen molar-refractivity contribution in [3.05, 3.63) is 57.0 Å². The average molecular weight is 446 g/mol. The van der Waals surface area contributed by atoms with Crippen LogP contribution >= 0.6 is 27.3 Å². The zero-order valence-electron chi connectivity index (χ0n) is 14.8. The van der Waals surface area contributed by atoms with E-state index in [0.717, 1.165) is 47.7 Å². The standard InChI is InChI=1S/C20H20BrN3O2S/c21-16-7-3-2-6-14(16)12-17(25)23-20(9-4-1-5-10-20)19-22-18(24-26-19)15-8-11-27-13-15/h2-3,6-8,11,13H,1,4-5,9-10,12H2,(H,23,25). The lowest BCUT2D eigenvalue weighted by Gasteiger charge is -2.34. The minimum absolute atomic E-state index is 0.0286. The summed E-state index contributed by atoms with van der Waals surface area (Å²) in [5.74, 6) is 1.07. The van der Waals surface area contributed by atoms with Crippen LogP contribution in [0.2, 0.25) is 0 Å². The number of amides is 1. The molecule has 4 rings (SSSR count). The third kappa shape index (κ3) is 3.99. The van der Waals surface area contributed by atoms with Gasteiger partial charge >= 0.3 is 0 Å². The number of carbonyl (C=O) groups excluding carboxylic acids is 1. The molecule has 0 atom stereocenters. The van der Waals surface area contributed by atoms with Gasteiger partial charge in [-0.1, -0.05) is 58.5 Å². The number of thiophene rings is 1. The number of nitrogens with zero attached hydrogens (tertiary/aromatic N) is 2. The van der Waals surface area contributed by atoms with Crippen molar-refractivity contribution in [2.75, 3.05) is 0 Å². The highest BCUT2D eigenvalue weighted by atomic mass is 79.9. The average Bonchev–Trinajstić information content (AvgIpc) is 3.36. The molecule has 5 nitrogen and oxygen atoms in total. The molecule has 1 aliphatic carbocycles. The summed E-state index contributed by atoms with van der Waals surface area (Å²) < 4.78 is 6.57. The summed E-state index contributed by atoms with van der Waals surface area (Å²) in [6.07, 6.45) is 5.18. The predicted molar refractivity (Wildman–Crippen MR) is 108 cm³/mol. The summed E-state index contributed by atoms with van der Waals surface area (Å²) in [5, 5.41) is 11.4. The summed E-state index contributed by atoms with van der Waals surface area (Å²) >= 11 is 5.11. The maximum Gasteiger partial charge on any atom is 0.252 e. The van der Waals surface area contributed by atoms with Gasteiger partial charge in [-0.2, -0.15) is 16.3 Å². The largest absolute Gasteiger partial charge is 0.341 e. The Morgan fingerprint density at radius 1 is 1.22 bits per heavy atom. The summed E-state index contributed by atoms with van der Waals surface area (Å²) in [4.78, 5) is 17.5. The van der Waals surface area contributed by atoms with Crippen molar-refractivity contribution < 1.29 is 9.32 Å². The van der Waals surface area contributed by atoms with E-state index in [1.54, 1.807) is 11.3 Å². The Morgan fingerprint density at radius 3 is 2.78 bits per heavy atom. The third-order valence-electron chi connectivity index (χ3n) is 5.01. The molecular weight excluding hydrogens is 426 g/mol. The van der Waals surface area contributed by atoms with Crippen molar-refractivity contribution in [2.45, 2.75) is 44.1 Å².